The predicted octanol–water partition coefficient (Wildman–Crippen LogP) is 6.03. The number of pyridine rings is 1. The molecule has 0 N–H and O–H groups in total. The third kappa shape index (κ3) is 5.67. The van der Waals surface area contributed by atoms with Crippen LogP contribution in [-0.2, 0) is 0 Å². The summed E-state index contributed by atoms with van der Waals surface area (Å²) < 4.78 is 5.88. The maximum Gasteiger partial charge on any atom is 0.258 e. The number of carbonyl (C=O) groups excluding carboxylic acids is 1. The lowest BCUT2D eigenvalue weighted by Crippen LogP contribution is -2.26. The fourth-order valence-corrected chi connectivity index (χ4v) is 3.14. The van der Waals surface area contributed by atoms with E-state index in [1.807, 2.05) is 54.6 Å². The van der Waals surface area contributed by atoms with Crippen molar-refractivity contribution < 1.29 is 9.53 Å². The maximum atomic E-state index is 12.9. The Morgan fingerprint density at radius 1 is 1.07 bits per heavy atom. The average Bonchev–Trinajstić information content (AvgIpc) is 2.77. The molecule has 0 aliphatic rings. The molecule has 0 saturated carbocycles. The molecule has 0 saturated heterocycles. The van der Waals surface area contributed by atoms with E-state index in [2.05, 4.69) is 24.1 Å². The lowest BCUT2D eigenvalue weighted by molar-refractivity contribution is 0.0993. The van der Waals surface area contributed by atoms with Crippen LogP contribution in [0.25, 0.3) is 10.9 Å². The highest BCUT2D eigenvalue weighted by atomic mass is 16.5. The molecule has 4 heteroatoms. The van der Waals surface area contributed by atoms with E-state index in [-0.39, 0.29) is 5.91 Å². The SMILES string of the molecule is CCC=CCCCCOc1cccc(N(C)C(=O)c2ccc3ncccc3c2)c1. The van der Waals surface area contributed by atoms with Crippen molar-refractivity contribution in [3.8, 4) is 5.75 Å². The summed E-state index contributed by atoms with van der Waals surface area (Å²) in [5.41, 5.74) is 2.33. The van der Waals surface area contributed by atoms with Crippen LogP contribution in [0.3, 0.4) is 0 Å². The summed E-state index contributed by atoms with van der Waals surface area (Å²) in [6.07, 6.45) is 10.5. The molecule has 0 radical (unpaired) electrons. The fourth-order valence-electron chi connectivity index (χ4n) is 3.14. The molecule has 0 atom stereocenters. The molecule has 0 unspecified atom stereocenters. The molecular weight excluding hydrogens is 360 g/mol. The Bertz CT molecular complexity index is 981. The second-order valence-corrected chi connectivity index (χ2v) is 7.00. The fraction of sp³-hybridized carbons (Fsp3) is 0.280. The molecule has 2 aromatic carbocycles. The Labute approximate surface area is 172 Å². The van der Waals surface area contributed by atoms with Crippen LogP contribution in [-0.4, -0.2) is 24.5 Å². The van der Waals surface area contributed by atoms with E-state index in [9.17, 15) is 4.79 Å². The monoisotopic (exact) mass is 388 g/mol. The minimum Gasteiger partial charge on any atom is -0.494 e. The normalized spacial score (nSPS) is 11.1. The number of benzene rings is 2. The van der Waals surface area contributed by atoms with E-state index in [0.717, 1.165) is 48.0 Å². The van der Waals surface area contributed by atoms with Gasteiger partial charge in [-0.2, -0.15) is 0 Å². The number of amides is 1. The van der Waals surface area contributed by atoms with E-state index >= 15 is 0 Å². The van der Waals surface area contributed by atoms with Crippen molar-refractivity contribution in [1.82, 2.24) is 4.98 Å². The Morgan fingerprint density at radius 2 is 1.97 bits per heavy atom. The second-order valence-electron chi connectivity index (χ2n) is 7.00. The van der Waals surface area contributed by atoms with Gasteiger partial charge in [-0.3, -0.25) is 9.78 Å². The minimum atomic E-state index is -0.0596. The van der Waals surface area contributed by atoms with Crippen LogP contribution in [0.5, 0.6) is 5.75 Å². The van der Waals surface area contributed by atoms with Gasteiger partial charge in [0.2, 0.25) is 0 Å². The molecule has 150 valence electrons. The van der Waals surface area contributed by atoms with Crippen molar-refractivity contribution in [3.05, 3.63) is 78.5 Å². The highest BCUT2D eigenvalue weighted by molar-refractivity contribution is 6.07. The molecule has 0 bridgehead atoms. The van der Waals surface area contributed by atoms with E-state index in [4.69, 9.17) is 4.74 Å². The summed E-state index contributed by atoms with van der Waals surface area (Å²) in [7, 11) is 1.79. The molecular formula is C25H28N2O2. The molecule has 4 nitrogen and oxygen atoms in total. The molecule has 3 aromatic rings. The number of carbonyl (C=O) groups is 1. The summed E-state index contributed by atoms with van der Waals surface area (Å²) in [6, 6.07) is 17.1. The zero-order valence-corrected chi connectivity index (χ0v) is 17.2. The summed E-state index contributed by atoms with van der Waals surface area (Å²) in [5.74, 6) is 0.726. The van der Waals surface area contributed by atoms with Gasteiger partial charge in [-0.25, -0.2) is 0 Å². The molecule has 1 aromatic heterocycles. The number of nitrogens with zero attached hydrogens (tertiary/aromatic N) is 2. The molecule has 0 spiro atoms. The Hall–Kier alpha value is -3.14. The van der Waals surface area contributed by atoms with Gasteiger partial charge in [-0.15, -0.1) is 0 Å². The van der Waals surface area contributed by atoms with Gasteiger partial charge in [0.05, 0.1) is 12.1 Å². The molecule has 0 aliphatic heterocycles. The first-order valence-electron chi connectivity index (χ1n) is 10.2. The van der Waals surface area contributed by atoms with Gasteiger partial charge >= 0.3 is 0 Å². The first-order valence-corrected chi connectivity index (χ1v) is 10.2. The average molecular weight is 389 g/mol. The van der Waals surface area contributed by atoms with E-state index in [1.54, 1.807) is 18.1 Å². The van der Waals surface area contributed by atoms with Gasteiger partial charge in [0.15, 0.2) is 0 Å². The van der Waals surface area contributed by atoms with Crippen LogP contribution in [0.4, 0.5) is 5.69 Å². The van der Waals surface area contributed by atoms with Gasteiger partial charge in [-0.05, 0) is 62.1 Å². The lowest BCUT2D eigenvalue weighted by atomic mass is 10.1. The van der Waals surface area contributed by atoms with Crippen molar-refractivity contribution in [2.45, 2.75) is 32.6 Å². The number of allylic oxidation sites excluding steroid dienone is 2. The third-order valence-corrected chi connectivity index (χ3v) is 4.80. The van der Waals surface area contributed by atoms with E-state index < -0.39 is 0 Å². The summed E-state index contributed by atoms with van der Waals surface area (Å²) in [6.45, 7) is 2.82. The zero-order chi connectivity index (χ0) is 20.5. The largest absolute Gasteiger partial charge is 0.494 e. The Morgan fingerprint density at radius 3 is 2.83 bits per heavy atom. The molecule has 0 aliphatic carbocycles. The van der Waals surface area contributed by atoms with Gasteiger partial charge in [0.1, 0.15) is 5.75 Å². The number of unbranched alkanes of at least 4 members (excludes halogenated alkanes) is 2. The quantitative estimate of drug-likeness (QED) is 0.332. The van der Waals surface area contributed by atoms with Crippen LogP contribution in [0.15, 0.2) is 72.9 Å². The van der Waals surface area contributed by atoms with Crippen molar-refractivity contribution in [2.24, 2.45) is 0 Å². The van der Waals surface area contributed by atoms with Gasteiger partial charge < -0.3 is 9.64 Å². The highest BCUT2D eigenvalue weighted by Gasteiger charge is 2.14. The summed E-state index contributed by atoms with van der Waals surface area (Å²) in [5, 5.41) is 0.956. The number of hydrogen-bond donors (Lipinski definition) is 0. The van der Waals surface area contributed by atoms with Gasteiger partial charge in [-0.1, -0.05) is 31.2 Å². The third-order valence-electron chi connectivity index (χ3n) is 4.80. The van der Waals surface area contributed by atoms with E-state index in [1.165, 1.54) is 0 Å². The van der Waals surface area contributed by atoms with Crippen LogP contribution in [0.2, 0.25) is 0 Å². The number of anilines is 1. The predicted molar refractivity (Wildman–Crippen MR) is 120 cm³/mol. The van der Waals surface area contributed by atoms with Crippen LogP contribution < -0.4 is 9.64 Å². The number of rotatable bonds is 9. The van der Waals surface area contributed by atoms with Crippen molar-refractivity contribution in [2.75, 3.05) is 18.6 Å². The summed E-state index contributed by atoms with van der Waals surface area (Å²) >= 11 is 0. The maximum absolute atomic E-state index is 12.9. The molecule has 0 fully saturated rings. The molecule has 1 heterocycles. The van der Waals surface area contributed by atoms with Crippen LogP contribution >= 0.6 is 0 Å². The zero-order valence-electron chi connectivity index (χ0n) is 17.2. The Kier molecular flexibility index (Phi) is 7.40. The smallest absolute Gasteiger partial charge is 0.258 e. The van der Waals surface area contributed by atoms with Crippen LogP contribution in [0.1, 0.15) is 43.0 Å². The van der Waals surface area contributed by atoms with Crippen molar-refractivity contribution in [1.29, 1.82) is 0 Å². The number of hydrogen-bond acceptors (Lipinski definition) is 3. The van der Waals surface area contributed by atoms with Crippen molar-refractivity contribution >= 4 is 22.5 Å². The Balaban J connectivity index is 1.61. The molecule has 1 amide bonds. The van der Waals surface area contributed by atoms with Crippen LogP contribution in [0, 0.1) is 0 Å². The molecule has 3 rings (SSSR count). The molecule has 29 heavy (non-hydrogen) atoms. The lowest BCUT2D eigenvalue weighted by Gasteiger charge is -2.18. The highest BCUT2D eigenvalue weighted by Crippen LogP contribution is 2.23. The topological polar surface area (TPSA) is 42.4 Å². The number of fused-ring (bicyclic) bond motifs is 1. The summed E-state index contributed by atoms with van der Waals surface area (Å²) in [4.78, 5) is 18.9. The van der Waals surface area contributed by atoms with Crippen molar-refractivity contribution in [3.63, 3.8) is 0 Å². The number of ether oxygens (including phenoxy) is 1. The van der Waals surface area contributed by atoms with Gasteiger partial charge in [0, 0.05) is 35.9 Å². The minimum absolute atomic E-state index is 0.0596. The van der Waals surface area contributed by atoms with E-state index in [0.29, 0.717) is 12.2 Å². The first-order chi connectivity index (χ1) is 14.2. The second kappa shape index (κ2) is 10.4. The first kappa shape index (κ1) is 20.6. The number of aromatic nitrogens is 1. The van der Waals surface area contributed by atoms with Gasteiger partial charge in [0.25, 0.3) is 5.91 Å². The standard InChI is InChI=1S/C25H28N2O2/c1-3-4-5-6-7-8-17-29-23-13-9-12-22(19-23)27(2)25(28)21-14-15-24-20(18-21)11-10-16-26-24/h4-5,9-16,18-19H,3,6-8,17H2,1-2H3.